The number of aryl methyl sites for hydroxylation is 1. The minimum atomic E-state index is -1.11. The van der Waals surface area contributed by atoms with Gasteiger partial charge in [0.2, 0.25) is 0 Å². The molecule has 322 valence electrons. The summed E-state index contributed by atoms with van der Waals surface area (Å²) in [6, 6.07) is 42.7. The number of hydrogen-bond donors (Lipinski definition) is 2. The zero-order valence-electron chi connectivity index (χ0n) is 35.5. The SMILES string of the molecule is CCc1c(CCC2=C(C(=O)OC)C(c3c(Cl)cccc3Cl)C(C(=O)OC)=C(CC(=O)OC)N2)cccc1COCCCNC(c1ccccc1)(c1ccccc1)c1ccccc1. The number of esters is 3. The molecule has 0 radical (unpaired) electrons. The predicted octanol–water partition coefficient (Wildman–Crippen LogP) is 9.78. The second kappa shape index (κ2) is 21.9. The third-order valence-electron chi connectivity index (χ3n) is 11.3. The van der Waals surface area contributed by atoms with Gasteiger partial charge in [0.05, 0.1) is 57.0 Å². The summed E-state index contributed by atoms with van der Waals surface area (Å²) in [5, 5.41) is 7.63. The summed E-state index contributed by atoms with van der Waals surface area (Å²) in [6.07, 6.45) is 2.05. The Morgan fingerprint density at radius 3 is 1.68 bits per heavy atom. The fourth-order valence-electron chi connectivity index (χ4n) is 8.41. The van der Waals surface area contributed by atoms with Gasteiger partial charge < -0.3 is 24.3 Å². The van der Waals surface area contributed by atoms with Crippen molar-refractivity contribution in [2.24, 2.45) is 0 Å². The highest BCUT2D eigenvalue weighted by Crippen LogP contribution is 2.46. The standard InChI is InChI=1S/C51H52Cl2N2O7/c1-5-39-34(28-29-42-46(49(57)60-3)48(45-40(52)26-16-27-41(45)53)47(50(58)61-4)43(55-42)32-44(56)59-2)18-15-19-35(39)33-62-31-17-30-54-51(36-20-9-6-10-21-36,37-22-11-7-12-23-37)38-24-13-8-14-25-38/h6-16,18-27,48,54-55H,5,17,28-33H2,1-4H3. The number of ether oxygens (including phenoxy) is 4. The maximum atomic E-state index is 13.8. The Morgan fingerprint density at radius 2 is 1.16 bits per heavy atom. The fourth-order valence-corrected chi connectivity index (χ4v) is 9.03. The van der Waals surface area contributed by atoms with Crippen LogP contribution in [-0.4, -0.2) is 52.4 Å². The zero-order chi connectivity index (χ0) is 44.1. The first-order valence-electron chi connectivity index (χ1n) is 20.7. The van der Waals surface area contributed by atoms with Crippen molar-refractivity contribution in [3.05, 3.63) is 199 Å². The van der Waals surface area contributed by atoms with Crippen molar-refractivity contribution in [3.63, 3.8) is 0 Å². The number of benzene rings is 5. The first kappa shape index (κ1) is 45.8. The molecule has 0 bridgehead atoms. The van der Waals surface area contributed by atoms with Crippen molar-refractivity contribution < 1.29 is 33.3 Å². The van der Waals surface area contributed by atoms with Gasteiger partial charge in [-0.25, -0.2) is 9.59 Å². The zero-order valence-corrected chi connectivity index (χ0v) is 37.0. The number of nitrogens with one attached hydrogen (secondary N) is 2. The van der Waals surface area contributed by atoms with E-state index >= 15 is 0 Å². The summed E-state index contributed by atoms with van der Waals surface area (Å²) in [6.45, 7) is 3.77. The van der Waals surface area contributed by atoms with E-state index in [1.807, 2.05) is 24.3 Å². The van der Waals surface area contributed by atoms with Gasteiger partial charge in [0.25, 0.3) is 0 Å². The molecule has 0 saturated heterocycles. The predicted molar refractivity (Wildman–Crippen MR) is 243 cm³/mol. The fraction of sp³-hybridized carbons (Fsp3) is 0.275. The van der Waals surface area contributed by atoms with Crippen LogP contribution in [0.3, 0.4) is 0 Å². The van der Waals surface area contributed by atoms with E-state index in [9.17, 15) is 14.4 Å². The van der Waals surface area contributed by atoms with Crippen LogP contribution in [0.4, 0.5) is 0 Å². The lowest BCUT2D eigenvalue weighted by atomic mass is 9.77. The van der Waals surface area contributed by atoms with E-state index in [0.29, 0.717) is 43.9 Å². The van der Waals surface area contributed by atoms with Gasteiger partial charge in [-0.15, -0.1) is 0 Å². The maximum Gasteiger partial charge on any atom is 0.336 e. The van der Waals surface area contributed by atoms with Crippen molar-refractivity contribution in [2.75, 3.05) is 34.5 Å². The molecule has 0 spiro atoms. The Kier molecular flexibility index (Phi) is 16.2. The first-order chi connectivity index (χ1) is 30.2. The second-order valence-corrected chi connectivity index (χ2v) is 15.6. The van der Waals surface area contributed by atoms with Crippen LogP contribution < -0.4 is 10.6 Å². The van der Waals surface area contributed by atoms with E-state index in [-0.39, 0.29) is 33.3 Å². The van der Waals surface area contributed by atoms with Crippen LogP contribution in [0.25, 0.3) is 0 Å². The normalized spacial score (nSPS) is 14.0. The molecule has 0 amide bonds. The molecule has 0 aliphatic carbocycles. The highest BCUT2D eigenvalue weighted by molar-refractivity contribution is 6.36. The Balaban J connectivity index is 1.22. The van der Waals surface area contributed by atoms with Gasteiger partial charge in [-0.05, 0) is 77.7 Å². The van der Waals surface area contributed by atoms with Gasteiger partial charge in [-0.2, -0.15) is 0 Å². The lowest BCUT2D eigenvalue weighted by Crippen LogP contribution is -2.45. The van der Waals surface area contributed by atoms with Gasteiger partial charge >= 0.3 is 17.9 Å². The first-order valence-corrected chi connectivity index (χ1v) is 21.4. The van der Waals surface area contributed by atoms with Crippen LogP contribution in [0.15, 0.2) is 150 Å². The monoisotopic (exact) mass is 874 g/mol. The van der Waals surface area contributed by atoms with E-state index in [1.54, 1.807) is 18.2 Å². The second-order valence-electron chi connectivity index (χ2n) is 14.8. The van der Waals surface area contributed by atoms with Gasteiger partial charge in [-0.1, -0.05) is 145 Å². The number of halogens is 2. The molecule has 1 aliphatic rings. The Hall–Kier alpha value is -5.71. The number of methoxy groups -OCH3 is 3. The van der Waals surface area contributed by atoms with Crippen molar-refractivity contribution in [1.29, 1.82) is 0 Å². The average molecular weight is 876 g/mol. The highest BCUT2D eigenvalue weighted by atomic mass is 35.5. The van der Waals surface area contributed by atoms with Gasteiger partial charge in [0.15, 0.2) is 0 Å². The van der Waals surface area contributed by atoms with Crippen LogP contribution in [0.1, 0.15) is 71.0 Å². The Labute approximate surface area is 374 Å². The third-order valence-corrected chi connectivity index (χ3v) is 11.9. The van der Waals surface area contributed by atoms with Crippen LogP contribution in [0, 0.1) is 0 Å². The van der Waals surface area contributed by atoms with Crippen molar-refractivity contribution in [3.8, 4) is 0 Å². The maximum absolute atomic E-state index is 13.8. The molecule has 5 aromatic rings. The third kappa shape index (κ3) is 10.1. The Morgan fingerprint density at radius 1 is 0.645 bits per heavy atom. The van der Waals surface area contributed by atoms with Gasteiger partial charge in [0.1, 0.15) is 0 Å². The minimum absolute atomic E-state index is 0.00605. The number of carbonyl (C=O) groups excluding carboxylic acids is 3. The molecule has 1 aliphatic heterocycles. The highest BCUT2D eigenvalue weighted by Gasteiger charge is 2.42. The molecule has 5 aromatic carbocycles. The van der Waals surface area contributed by atoms with Crippen LogP contribution in [0.2, 0.25) is 10.0 Å². The summed E-state index contributed by atoms with van der Waals surface area (Å²) >= 11 is 13.5. The van der Waals surface area contributed by atoms with Crippen molar-refractivity contribution in [1.82, 2.24) is 10.6 Å². The number of dihydropyridines is 1. The Bertz CT molecular complexity index is 2280. The number of allylic oxidation sites excluding steroid dienone is 1. The van der Waals surface area contributed by atoms with Crippen LogP contribution in [0.5, 0.6) is 0 Å². The summed E-state index contributed by atoms with van der Waals surface area (Å²) < 4.78 is 21.9. The molecule has 1 atom stereocenters. The molecule has 1 heterocycles. The van der Waals surface area contributed by atoms with Crippen molar-refractivity contribution in [2.45, 2.75) is 57.1 Å². The average Bonchev–Trinajstić information content (AvgIpc) is 3.30. The van der Waals surface area contributed by atoms with Gasteiger partial charge in [-0.3, -0.25) is 10.1 Å². The van der Waals surface area contributed by atoms with Crippen molar-refractivity contribution >= 4 is 41.1 Å². The summed E-state index contributed by atoms with van der Waals surface area (Å²) in [7, 11) is 3.75. The van der Waals surface area contributed by atoms with E-state index in [4.69, 9.17) is 42.1 Å². The molecule has 0 saturated carbocycles. The van der Waals surface area contributed by atoms with E-state index in [0.717, 1.165) is 46.2 Å². The van der Waals surface area contributed by atoms with E-state index < -0.39 is 29.4 Å². The molecule has 6 rings (SSSR count). The molecule has 9 nitrogen and oxygen atoms in total. The van der Waals surface area contributed by atoms with E-state index in [1.165, 1.54) is 21.3 Å². The largest absolute Gasteiger partial charge is 0.469 e. The number of carbonyl (C=O) groups is 3. The molecule has 1 unspecified atom stereocenters. The van der Waals surface area contributed by atoms with Crippen LogP contribution >= 0.6 is 23.2 Å². The molecule has 62 heavy (non-hydrogen) atoms. The molecule has 11 heteroatoms. The number of rotatable bonds is 19. The molecular weight excluding hydrogens is 823 g/mol. The molecule has 0 fully saturated rings. The smallest absolute Gasteiger partial charge is 0.336 e. The van der Waals surface area contributed by atoms with Gasteiger partial charge in [0, 0.05) is 33.6 Å². The minimum Gasteiger partial charge on any atom is -0.469 e. The quantitative estimate of drug-likeness (QED) is 0.0363. The summed E-state index contributed by atoms with van der Waals surface area (Å²) in [4.78, 5) is 40.1. The topological polar surface area (TPSA) is 112 Å². The lowest BCUT2D eigenvalue weighted by Gasteiger charge is -2.37. The molecular formula is C51H52Cl2N2O7. The van der Waals surface area contributed by atoms with E-state index in [2.05, 4.69) is 102 Å². The molecule has 2 N–H and O–H groups in total. The van der Waals surface area contributed by atoms with Crippen LogP contribution in [-0.2, 0) is 58.3 Å². The lowest BCUT2D eigenvalue weighted by molar-refractivity contribution is -0.139. The summed E-state index contributed by atoms with van der Waals surface area (Å²) in [5.41, 5.74) is 7.32. The number of hydrogen-bond acceptors (Lipinski definition) is 9. The molecule has 0 aromatic heterocycles. The summed E-state index contributed by atoms with van der Waals surface area (Å²) in [5.74, 6) is -3.16.